The summed E-state index contributed by atoms with van der Waals surface area (Å²) in [6.45, 7) is 3.34. The molecule has 0 bridgehead atoms. The van der Waals surface area contributed by atoms with E-state index < -0.39 is 0 Å². The first kappa shape index (κ1) is 16.7. The maximum absolute atomic E-state index is 12.5. The molecular formula is C19H26N4O. The zero-order chi connectivity index (χ0) is 16.9. The Morgan fingerprint density at radius 2 is 2.12 bits per heavy atom. The SMILES string of the molecule is CCCc1c(C(=O)NCC(N)C2CC2)cnn1Cc1ccccc1. The molecule has 1 amide bonds. The molecule has 1 atom stereocenters. The molecule has 0 saturated heterocycles. The highest BCUT2D eigenvalue weighted by atomic mass is 16.1. The van der Waals surface area contributed by atoms with Crippen LogP contribution in [0, 0.1) is 5.92 Å². The van der Waals surface area contributed by atoms with Crippen molar-refractivity contribution in [2.45, 2.75) is 45.2 Å². The van der Waals surface area contributed by atoms with Crippen LogP contribution in [0.5, 0.6) is 0 Å². The average molecular weight is 326 g/mol. The first-order valence-corrected chi connectivity index (χ1v) is 8.81. The molecule has 1 saturated carbocycles. The van der Waals surface area contributed by atoms with Crippen molar-refractivity contribution in [3.63, 3.8) is 0 Å². The average Bonchev–Trinajstić information content (AvgIpc) is 3.38. The van der Waals surface area contributed by atoms with Crippen molar-refractivity contribution in [3.8, 4) is 0 Å². The predicted octanol–water partition coefficient (Wildman–Crippen LogP) is 2.35. The van der Waals surface area contributed by atoms with Crippen LogP contribution >= 0.6 is 0 Å². The molecule has 1 aromatic heterocycles. The van der Waals surface area contributed by atoms with Crippen LogP contribution in [0.25, 0.3) is 0 Å². The zero-order valence-corrected chi connectivity index (χ0v) is 14.2. The fourth-order valence-electron chi connectivity index (χ4n) is 2.99. The molecule has 128 valence electrons. The van der Waals surface area contributed by atoms with E-state index in [2.05, 4.69) is 29.5 Å². The number of hydrogen-bond donors (Lipinski definition) is 2. The lowest BCUT2D eigenvalue weighted by Crippen LogP contribution is -2.38. The van der Waals surface area contributed by atoms with E-state index in [1.807, 2.05) is 22.9 Å². The minimum Gasteiger partial charge on any atom is -0.350 e. The monoisotopic (exact) mass is 326 g/mol. The van der Waals surface area contributed by atoms with Crippen LogP contribution in [0.1, 0.15) is 47.8 Å². The first-order valence-electron chi connectivity index (χ1n) is 8.81. The molecule has 1 fully saturated rings. The molecule has 0 spiro atoms. The molecule has 3 rings (SSSR count). The van der Waals surface area contributed by atoms with Crippen LogP contribution in [0.3, 0.4) is 0 Å². The molecule has 1 heterocycles. The summed E-state index contributed by atoms with van der Waals surface area (Å²) in [4.78, 5) is 12.5. The van der Waals surface area contributed by atoms with Gasteiger partial charge in [-0.25, -0.2) is 0 Å². The summed E-state index contributed by atoms with van der Waals surface area (Å²) in [5.41, 5.74) is 8.93. The molecule has 1 aliphatic carbocycles. The summed E-state index contributed by atoms with van der Waals surface area (Å²) in [5, 5.41) is 7.43. The number of carbonyl (C=O) groups is 1. The Balaban J connectivity index is 1.71. The minimum absolute atomic E-state index is 0.0612. The molecule has 0 radical (unpaired) electrons. The maximum Gasteiger partial charge on any atom is 0.254 e. The molecule has 1 aliphatic rings. The minimum atomic E-state index is -0.0612. The third kappa shape index (κ3) is 4.03. The third-order valence-corrected chi connectivity index (χ3v) is 4.58. The summed E-state index contributed by atoms with van der Waals surface area (Å²) in [7, 11) is 0. The van der Waals surface area contributed by atoms with Crippen molar-refractivity contribution in [3.05, 3.63) is 53.3 Å². The molecule has 5 heteroatoms. The largest absolute Gasteiger partial charge is 0.350 e. The van der Waals surface area contributed by atoms with E-state index in [4.69, 9.17) is 5.73 Å². The summed E-state index contributed by atoms with van der Waals surface area (Å²) < 4.78 is 1.94. The number of nitrogens with one attached hydrogen (secondary N) is 1. The van der Waals surface area contributed by atoms with Gasteiger partial charge in [0.2, 0.25) is 0 Å². The van der Waals surface area contributed by atoms with E-state index >= 15 is 0 Å². The highest BCUT2D eigenvalue weighted by Gasteiger charge is 2.28. The van der Waals surface area contributed by atoms with Crippen molar-refractivity contribution in [1.29, 1.82) is 0 Å². The van der Waals surface area contributed by atoms with Crippen LogP contribution in [0.15, 0.2) is 36.5 Å². The number of carbonyl (C=O) groups excluding carboxylic acids is 1. The van der Waals surface area contributed by atoms with Crippen molar-refractivity contribution in [2.75, 3.05) is 6.54 Å². The molecule has 0 aliphatic heterocycles. The van der Waals surface area contributed by atoms with E-state index in [1.54, 1.807) is 6.20 Å². The lowest BCUT2D eigenvalue weighted by molar-refractivity contribution is 0.0949. The zero-order valence-electron chi connectivity index (χ0n) is 14.2. The molecule has 1 aromatic carbocycles. The van der Waals surface area contributed by atoms with Gasteiger partial charge < -0.3 is 11.1 Å². The van der Waals surface area contributed by atoms with Crippen LogP contribution in [-0.2, 0) is 13.0 Å². The molecule has 1 unspecified atom stereocenters. The normalized spacial score (nSPS) is 15.2. The molecule has 3 N–H and O–H groups in total. The Labute approximate surface area is 143 Å². The molecule has 2 aromatic rings. The predicted molar refractivity (Wildman–Crippen MR) is 94.8 cm³/mol. The van der Waals surface area contributed by atoms with Gasteiger partial charge in [-0.05, 0) is 30.7 Å². The van der Waals surface area contributed by atoms with Crippen LogP contribution in [0.4, 0.5) is 0 Å². The van der Waals surface area contributed by atoms with E-state index in [0.29, 0.717) is 24.6 Å². The molecule has 5 nitrogen and oxygen atoms in total. The highest BCUT2D eigenvalue weighted by molar-refractivity contribution is 5.95. The van der Waals surface area contributed by atoms with Gasteiger partial charge in [0, 0.05) is 12.6 Å². The number of aromatic nitrogens is 2. The number of hydrogen-bond acceptors (Lipinski definition) is 3. The molecular weight excluding hydrogens is 300 g/mol. The Morgan fingerprint density at radius 1 is 1.38 bits per heavy atom. The second-order valence-corrected chi connectivity index (χ2v) is 6.61. The smallest absolute Gasteiger partial charge is 0.254 e. The lowest BCUT2D eigenvalue weighted by Gasteiger charge is -2.12. The van der Waals surface area contributed by atoms with Gasteiger partial charge in [-0.2, -0.15) is 5.10 Å². The highest BCUT2D eigenvalue weighted by Crippen LogP contribution is 2.31. The van der Waals surface area contributed by atoms with E-state index in [-0.39, 0.29) is 11.9 Å². The van der Waals surface area contributed by atoms with Gasteiger partial charge in [0.25, 0.3) is 5.91 Å². The van der Waals surface area contributed by atoms with Crippen LogP contribution < -0.4 is 11.1 Å². The summed E-state index contributed by atoms with van der Waals surface area (Å²) in [6, 6.07) is 10.3. The fourth-order valence-corrected chi connectivity index (χ4v) is 2.99. The lowest BCUT2D eigenvalue weighted by atomic mass is 10.1. The summed E-state index contributed by atoms with van der Waals surface area (Å²) in [5.74, 6) is 0.523. The van der Waals surface area contributed by atoms with E-state index in [9.17, 15) is 4.79 Å². The Bertz CT molecular complexity index is 676. The second kappa shape index (κ2) is 7.62. The Morgan fingerprint density at radius 3 is 2.79 bits per heavy atom. The second-order valence-electron chi connectivity index (χ2n) is 6.61. The standard InChI is InChI=1S/C19H26N4O/c1-2-6-18-16(19(24)21-12-17(20)15-9-10-15)11-22-23(18)13-14-7-4-3-5-8-14/h3-5,7-8,11,15,17H,2,6,9-10,12-13,20H2,1H3,(H,21,24). The Kier molecular flexibility index (Phi) is 5.30. The van der Waals surface area contributed by atoms with Crippen molar-refractivity contribution < 1.29 is 4.79 Å². The van der Waals surface area contributed by atoms with Crippen LogP contribution in [-0.4, -0.2) is 28.3 Å². The fraction of sp³-hybridized carbons (Fsp3) is 0.474. The van der Waals surface area contributed by atoms with Gasteiger partial charge >= 0.3 is 0 Å². The topological polar surface area (TPSA) is 72.9 Å². The number of nitrogens with zero attached hydrogens (tertiary/aromatic N) is 2. The maximum atomic E-state index is 12.5. The third-order valence-electron chi connectivity index (χ3n) is 4.58. The van der Waals surface area contributed by atoms with Gasteiger partial charge in [0.05, 0.1) is 24.0 Å². The van der Waals surface area contributed by atoms with Crippen molar-refractivity contribution >= 4 is 5.91 Å². The number of benzene rings is 1. The van der Waals surface area contributed by atoms with Gasteiger partial charge in [-0.1, -0.05) is 43.7 Å². The van der Waals surface area contributed by atoms with Gasteiger partial charge in [0.15, 0.2) is 0 Å². The first-order chi connectivity index (χ1) is 11.7. The van der Waals surface area contributed by atoms with E-state index in [0.717, 1.165) is 18.5 Å². The van der Waals surface area contributed by atoms with Crippen molar-refractivity contribution in [1.82, 2.24) is 15.1 Å². The van der Waals surface area contributed by atoms with Crippen LogP contribution in [0.2, 0.25) is 0 Å². The summed E-state index contributed by atoms with van der Waals surface area (Å²) in [6.07, 6.45) is 5.87. The van der Waals surface area contributed by atoms with E-state index in [1.165, 1.54) is 18.4 Å². The van der Waals surface area contributed by atoms with Gasteiger partial charge in [-0.3, -0.25) is 9.48 Å². The molecule has 24 heavy (non-hydrogen) atoms. The van der Waals surface area contributed by atoms with Gasteiger partial charge in [0.1, 0.15) is 0 Å². The quantitative estimate of drug-likeness (QED) is 0.782. The number of nitrogens with two attached hydrogens (primary N) is 1. The van der Waals surface area contributed by atoms with Crippen molar-refractivity contribution in [2.24, 2.45) is 11.7 Å². The number of amides is 1. The number of rotatable bonds is 8. The summed E-state index contributed by atoms with van der Waals surface area (Å²) >= 11 is 0. The Hall–Kier alpha value is -2.14. The van der Waals surface area contributed by atoms with Gasteiger partial charge in [-0.15, -0.1) is 0 Å².